The highest BCUT2D eigenvalue weighted by atomic mass is 79.9. The number of para-hydroxylation sites is 1. The summed E-state index contributed by atoms with van der Waals surface area (Å²) in [7, 11) is 0. The normalized spacial score (nSPS) is 14.9. The number of thiocarbonyl (C=S) groups is 1. The Morgan fingerprint density at radius 2 is 1.79 bits per heavy atom. The predicted molar refractivity (Wildman–Crippen MR) is 123 cm³/mol. The number of azo groups is 1. The molecule has 0 amide bonds. The monoisotopic (exact) mass is 521 g/mol. The van der Waals surface area contributed by atoms with Gasteiger partial charge in [0.2, 0.25) is 11.0 Å². The number of benzene rings is 2. The van der Waals surface area contributed by atoms with Crippen molar-refractivity contribution in [3.8, 4) is 5.88 Å². The summed E-state index contributed by atoms with van der Waals surface area (Å²) in [4.78, 5) is 7.29. The lowest BCUT2D eigenvalue weighted by Gasteiger charge is -2.36. The van der Waals surface area contributed by atoms with Gasteiger partial charge in [-0.1, -0.05) is 34.1 Å². The van der Waals surface area contributed by atoms with Crippen molar-refractivity contribution in [3.63, 3.8) is 0 Å². The van der Waals surface area contributed by atoms with Crippen molar-refractivity contribution >= 4 is 71.5 Å². The zero-order chi connectivity index (χ0) is 19.7. The standard InChI is InChI=1S/C19H17Br2N5OS/c20-12-10-14-16(15(21)11-12)22-18(27)17(14)23-24-19(28)26-8-6-25(7-9-26)13-4-2-1-3-5-13/h1-5,10-11,22,27H,6-9H2. The number of nitrogens with zero attached hydrogens (tertiary/aromatic N) is 4. The van der Waals surface area contributed by atoms with E-state index in [1.165, 1.54) is 5.69 Å². The SMILES string of the molecule is Oc1[nH]c2c(Br)cc(Br)cc2c1N=NC(=S)N1CCN(c2ccccc2)CC1. The van der Waals surface area contributed by atoms with Gasteiger partial charge in [-0.25, -0.2) is 0 Å². The second-order valence-electron chi connectivity index (χ2n) is 6.42. The van der Waals surface area contributed by atoms with Gasteiger partial charge in [0.25, 0.3) is 0 Å². The fraction of sp³-hybridized carbons (Fsp3) is 0.211. The molecule has 1 aliphatic heterocycles. The lowest BCUT2D eigenvalue weighted by molar-refractivity contribution is 0.387. The highest BCUT2D eigenvalue weighted by Gasteiger charge is 2.20. The molecule has 2 N–H and O–H groups in total. The summed E-state index contributed by atoms with van der Waals surface area (Å²) in [6.45, 7) is 3.31. The van der Waals surface area contributed by atoms with Gasteiger partial charge in [-0.05, 0) is 52.4 Å². The largest absolute Gasteiger partial charge is 0.493 e. The van der Waals surface area contributed by atoms with E-state index in [9.17, 15) is 5.11 Å². The van der Waals surface area contributed by atoms with Gasteiger partial charge in [0, 0.05) is 46.2 Å². The third-order valence-electron chi connectivity index (χ3n) is 4.68. The number of rotatable bonds is 2. The maximum atomic E-state index is 10.2. The van der Waals surface area contributed by atoms with Crippen molar-refractivity contribution in [2.24, 2.45) is 10.2 Å². The summed E-state index contributed by atoms with van der Waals surface area (Å²) >= 11 is 12.4. The van der Waals surface area contributed by atoms with Crippen LogP contribution in [0.2, 0.25) is 0 Å². The van der Waals surface area contributed by atoms with Crippen LogP contribution in [-0.2, 0) is 0 Å². The molecule has 28 heavy (non-hydrogen) atoms. The van der Waals surface area contributed by atoms with Gasteiger partial charge < -0.3 is 19.9 Å². The molecule has 1 aromatic heterocycles. The van der Waals surface area contributed by atoms with Crippen LogP contribution in [-0.4, -0.2) is 46.3 Å². The third-order valence-corrected chi connectivity index (χ3v) is 6.11. The maximum absolute atomic E-state index is 10.2. The fourth-order valence-electron chi connectivity index (χ4n) is 3.24. The smallest absolute Gasteiger partial charge is 0.218 e. The van der Waals surface area contributed by atoms with E-state index >= 15 is 0 Å². The molecule has 1 fully saturated rings. The number of H-pyrrole nitrogens is 1. The minimum Gasteiger partial charge on any atom is -0.493 e. The highest BCUT2D eigenvalue weighted by molar-refractivity contribution is 9.11. The molecule has 0 unspecified atom stereocenters. The first kappa shape index (κ1) is 19.4. The summed E-state index contributed by atoms with van der Waals surface area (Å²) in [6.07, 6.45) is 0. The average Bonchev–Trinajstić information content (AvgIpc) is 3.02. The van der Waals surface area contributed by atoms with Gasteiger partial charge in [0.1, 0.15) is 0 Å². The van der Waals surface area contributed by atoms with Gasteiger partial charge in [0.05, 0.1) is 5.52 Å². The van der Waals surface area contributed by atoms with Crippen molar-refractivity contribution in [2.75, 3.05) is 31.1 Å². The number of aromatic nitrogens is 1. The Balaban J connectivity index is 1.47. The lowest BCUT2D eigenvalue weighted by Crippen LogP contribution is -2.47. The van der Waals surface area contributed by atoms with Crippen LogP contribution in [0.1, 0.15) is 0 Å². The first-order valence-electron chi connectivity index (χ1n) is 8.73. The molecule has 0 radical (unpaired) electrons. The Hall–Kier alpha value is -1.97. The van der Waals surface area contributed by atoms with Gasteiger partial charge in [-0.3, -0.25) is 0 Å². The summed E-state index contributed by atoms with van der Waals surface area (Å²) in [6, 6.07) is 14.1. The number of piperazine rings is 1. The van der Waals surface area contributed by atoms with Crippen molar-refractivity contribution < 1.29 is 5.11 Å². The number of hydrogen-bond acceptors (Lipinski definition) is 4. The molecular weight excluding hydrogens is 506 g/mol. The van der Waals surface area contributed by atoms with Crippen LogP contribution in [0.4, 0.5) is 11.4 Å². The van der Waals surface area contributed by atoms with Crippen LogP contribution < -0.4 is 4.90 Å². The Morgan fingerprint density at radius 3 is 2.50 bits per heavy atom. The summed E-state index contributed by atoms with van der Waals surface area (Å²) in [5, 5.41) is 19.9. The van der Waals surface area contributed by atoms with Gasteiger partial charge in [-0.15, -0.1) is 10.2 Å². The molecule has 0 aliphatic carbocycles. The van der Waals surface area contributed by atoms with E-state index in [0.29, 0.717) is 10.8 Å². The first-order valence-corrected chi connectivity index (χ1v) is 10.7. The van der Waals surface area contributed by atoms with Gasteiger partial charge in [-0.2, -0.15) is 0 Å². The zero-order valence-corrected chi connectivity index (χ0v) is 18.8. The molecule has 0 atom stereocenters. The van der Waals surface area contributed by atoms with E-state index in [2.05, 4.69) is 64.1 Å². The molecule has 1 aliphatic rings. The summed E-state index contributed by atoms with van der Waals surface area (Å²) < 4.78 is 1.70. The van der Waals surface area contributed by atoms with Crippen LogP contribution >= 0.6 is 44.1 Å². The maximum Gasteiger partial charge on any atom is 0.218 e. The van der Waals surface area contributed by atoms with Crippen molar-refractivity contribution in [3.05, 3.63) is 51.4 Å². The average molecular weight is 523 g/mol. The van der Waals surface area contributed by atoms with Crippen molar-refractivity contribution in [2.45, 2.75) is 0 Å². The van der Waals surface area contributed by atoms with Crippen molar-refractivity contribution in [1.29, 1.82) is 0 Å². The number of fused-ring (bicyclic) bond motifs is 1. The Morgan fingerprint density at radius 1 is 1.07 bits per heavy atom. The molecule has 2 aromatic carbocycles. The molecule has 9 heteroatoms. The number of halogens is 2. The van der Waals surface area contributed by atoms with E-state index < -0.39 is 0 Å². The quantitative estimate of drug-likeness (QED) is 0.340. The summed E-state index contributed by atoms with van der Waals surface area (Å²) in [5.74, 6) is -0.0331. The second kappa shape index (κ2) is 8.18. The van der Waals surface area contributed by atoms with Crippen molar-refractivity contribution in [1.82, 2.24) is 9.88 Å². The van der Waals surface area contributed by atoms with Crippen LogP contribution in [0.15, 0.2) is 61.6 Å². The predicted octanol–water partition coefficient (Wildman–Crippen LogP) is 5.59. The van der Waals surface area contributed by atoms with Crippen LogP contribution in [0.3, 0.4) is 0 Å². The van der Waals surface area contributed by atoms with E-state index in [4.69, 9.17) is 12.2 Å². The van der Waals surface area contributed by atoms with Crippen LogP contribution in [0.5, 0.6) is 5.88 Å². The molecule has 0 bridgehead atoms. The molecule has 144 valence electrons. The van der Waals surface area contributed by atoms with Gasteiger partial charge in [0.15, 0.2) is 5.69 Å². The molecular formula is C19H17Br2N5OS. The molecule has 6 nitrogen and oxygen atoms in total. The Labute approximate surface area is 184 Å². The van der Waals surface area contributed by atoms with E-state index in [0.717, 1.165) is 46.0 Å². The third kappa shape index (κ3) is 3.92. The second-order valence-corrected chi connectivity index (χ2v) is 8.56. The molecule has 2 heterocycles. The number of aromatic hydroxyl groups is 1. The minimum absolute atomic E-state index is 0.0331. The molecule has 0 spiro atoms. The number of nitrogens with one attached hydrogen (secondary N) is 1. The zero-order valence-electron chi connectivity index (χ0n) is 14.8. The molecule has 0 saturated carbocycles. The number of hydrogen-bond donors (Lipinski definition) is 2. The lowest BCUT2D eigenvalue weighted by atomic mass is 10.2. The Kier molecular flexibility index (Phi) is 5.65. The molecule has 3 aromatic rings. The molecule has 4 rings (SSSR count). The van der Waals surface area contributed by atoms with Crippen LogP contribution in [0.25, 0.3) is 10.9 Å². The minimum atomic E-state index is -0.0331. The first-order chi connectivity index (χ1) is 13.5. The number of aromatic amines is 1. The summed E-state index contributed by atoms with van der Waals surface area (Å²) in [5.41, 5.74) is 2.36. The Bertz CT molecular complexity index is 1050. The van der Waals surface area contributed by atoms with E-state index in [-0.39, 0.29) is 5.88 Å². The van der Waals surface area contributed by atoms with Crippen LogP contribution in [0, 0.1) is 0 Å². The van der Waals surface area contributed by atoms with E-state index in [1.807, 2.05) is 35.2 Å². The van der Waals surface area contributed by atoms with Gasteiger partial charge >= 0.3 is 0 Å². The molecule has 1 saturated heterocycles. The topological polar surface area (TPSA) is 67.2 Å². The highest BCUT2D eigenvalue weighted by Crippen LogP contribution is 2.40. The fourth-order valence-corrected chi connectivity index (χ4v) is 4.79. The number of anilines is 1. The van der Waals surface area contributed by atoms with E-state index in [1.54, 1.807) is 0 Å².